The van der Waals surface area contributed by atoms with Crippen molar-refractivity contribution in [3.63, 3.8) is 0 Å². The second-order valence-corrected chi connectivity index (χ2v) is 28.1. The fraction of sp³-hybridized carbons (Fsp3) is 0.600. The molecule has 330 valence electrons. The van der Waals surface area contributed by atoms with Gasteiger partial charge >= 0.3 is 0 Å². The van der Waals surface area contributed by atoms with E-state index in [0.29, 0.717) is 19.6 Å². The third-order valence-corrected chi connectivity index (χ3v) is 21.8. The molecule has 7 nitrogen and oxygen atoms in total. The molecule has 9 heteroatoms. The zero-order valence-electron chi connectivity index (χ0n) is 39.0. The average Bonchev–Trinajstić information content (AvgIpc) is 3.19. The summed E-state index contributed by atoms with van der Waals surface area (Å²) in [4.78, 5) is 0. The minimum absolute atomic E-state index is 0.00543. The predicted octanol–water partition coefficient (Wildman–Crippen LogP) is 11.2. The zero-order chi connectivity index (χ0) is 43.7. The van der Waals surface area contributed by atoms with Gasteiger partial charge in [-0.05, 0) is 96.7 Å². The highest BCUT2D eigenvalue weighted by Crippen LogP contribution is 2.40. The van der Waals surface area contributed by atoms with Crippen molar-refractivity contribution in [2.75, 3.05) is 27.6 Å². The molecule has 0 fully saturated rings. The third-order valence-electron chi connectivity index (χ3n) is 12.2. The Bertz CT molecular complexity index is 1580. The van der Waals surface area contributed by atoms with Gasteiger partial charge in [0.25, 0.3) is 8.32 Å². The van der Waals surface area contributed by atoms with Crippen LogP contribution in [-0.4, -0.2) is 73.8 Å². The number of aliphatic hydroxyl groups excluding tert-OH is 1. The Labute approximate surface area is 361 Å². The molecule has 59 heavy (non-hydrogen) atoms. The molecule has 0 heterocycles. The van der Waals surface area contributed by atoms with Crippen LogP contribution in [0.3, 0.4) is 0 Å². The minimum Gasteiger partial charge on any atom is -0.497 e. The highest BCUT2D eigenvalue weighted by Gasteiger charge is 2.50. The van der Waals surface area contributed by atoms with E-state index in [1.165, 1.54) is 10.4 Å². The van der Waals surface area contributed by atoms with Gasteiger partial charge in [-0.2, -0.15) is 0 Å². The molecular formula is C50H80O7Si2. The summed E-state index contributed by atoms with van der Waals surface area (Å²) in [6, 6.07) is 29.8. The van der Waals surface area contributed by atoms with E-state index in [4.69, 9.17) is 27.8 Å². The lowest BCUT2D eigenvalue weighted by atomic mass is 9.90. The molecule has 1 N–H and O–H groups in total. The Hall–Kier alpha value is -2.61. The van der Waals surface area contributed by atoms with Crippen LogP contribution in [0.5, 0.6) is 5.75 Å². The first-order valence-corrected chi connectivity index (χ1v) is 26.8. The summed E-state index contributed by atoms with van der Waals surface area (Å²) in [7, 11) is -1.52. The van der Waals surface area contributed by atoms with E-state index in [9.17, 15) is 5.11 Å². The second-order valence-electron chi connectivity index (χ2n) is 19.0. The van der Waals surface area contributed by atoms with Gasteiger partial charge < -0.3 is 32.9 Å². The van der Waals surface area contributed by atoms with Crippen molar-refractivity contribution < 1.29 is 32.9 Å². The molecule has 3 aromatic carbocycles. The van der Waals surface area contributed by atoms with Crippen molar-refractivity contribution in [2.24, 2.45) is 5.92 Å². The van der Waals surface area contributed by atoms with Crippen molar-refractivity contribution >= 4 is 27.0 Å². The monoisotopic (exact) mass is 849 g/mol. The molecule has 0 radical (unpaired) electrons. The first-order chi connectivity index (χ1) is 27.9. The summed E-state index contributed by atoms with van der Waals surface area (Å²) in [6.45, 7) is 26.2. The van der Waals surface area contributed by atoms with E-state index in [-0.39, 0.29) is 41.1 Å². The number of aliphatic hydroxyl groups is 1. The van der Waals surface area contributed by atoms with E-state index < -0.39 is 22.7 Å². The molecule has 0 spiro atoms. The molecule has 0 aliphatic rings. The lowest BCUT2D eigenvalue weighted by Crippen LogP contribution is -2.66. The summed E-state index contributed by atoms with van der Waals surface area (Å²) < 4.78 is 37.9. The summed E-state index contributed by atoms with van der Waals surface area (Å²) >= 11 is 0. The van der Waals surface area contributed by atoms with Gasteiger partial charge in [-0.25, -0.2) is 0 Å². The van der Waals surface area contributed by atoms with Crippen LogP contribution in [0.15, 0.2) is 96.6 Å². The standard InChI is InChI=1S/C50H80O7Si2/c1-14-23-43(55-38-52-10)34-39(2)35-47(51)40(3)48(57-58(12,13)49(4,5)6)36-44(54-37-41-29-31-42(53-11)32-30-41)24-21-22-33-56-59(50(7,8)9,45-25-17-15-18-26-45)46-27-19-16-20-28-46/h15-20,25-32,35,40,43-44,47-48,51H,14,21-24,33-34,36-38H2,1-13H3/b39-35+/t40-,43-,44-,47?,48+/m1/s1. The molecular weight excluding hydrogens is 769 g/mol. The van der Waals surface area contributed by atoms with Crippen LogP contribution in [-0.2, 0) is 29.7 Å². The van der Waals surface area contributed by atoms with E-state index in [1.54, 1.807) is 14.2 Å². The van der Waals surface area contributed by atoms with Gasteiger partial charge in [0.1, 0.15) is 12.5 Å². The van der Waals surface area contributed by atoms with Gasteiger partial charge in [-0.15, -0.1) is 0 Å². The third kappa shape index (κ3) is 15.4. The number of hydrogen-bond acceptors (Lipinski definition) is 7. The number of rotatable bonds is 26. The molecule has 0 saturated heterocycles. The molecule has 0 aliphatic heterocycles. The zero-order valence-corrected chi connectivity index (χ0v) is 41.0. The summed E-state index contributed by atoms with van der Waals surface area (Å²) in [6.07, 6.45) is 7.17. The molecule has 3 rings (SSSR count). The Balaban J connectivity index is 1.89. The van der Waals surface area contributed by atoms with Gasteiger partial charge in [0.05, 0.1) is 38.1 Å². The quantitative estimate of drug-likeness (QED) is 0.0373. The van der Waals surface area contributed by atoms with Crippen LogP contribution in [0.4, 0.5) is 0 Å². The topological polar surface area (TPSA) is 75.6 Å². The first-order valence-electron chi connectivity index (χ1n) is 22.0. The van der Waals surface area contributed by atoms with E-state index in [2.05, 4.69) is 148 Å². The van der Waals surface area contributed by atoms with Crippen molar-refractivity contribution in [1.82, 2.24) is 0 Å². The number of hydrogen-bond donors (Lipinski definition) is 1. The smallest absolute Gasteiger partial charge is 0.261 e. The Morgan fingerprint density at radius 1 is 0.763 bits per heavy atom. The predicted molar refractivity (Wildman–Crippen MR) is 251 cm³/mol. The fourth-order valence-electron chi connectivity index (χ4n) is 7.67. The fourth-order valence-corrected chi connectivity index (χ4v) is 13.7. The number of methoxy groups -OCH3 is 2. The van der Waals surface area contributed by atoms with Gasteiger partial charge in [-0.1, -0.05) is 146 Å². The van der Waals surface area contributed by atoms with Crippen LogP contribution in [0.2, 0.25) is 23.2 Å². The van der Waals surface area contributed by atoms with Crippen molar-refractivity contribution in [2.45, 2.75) is 161 Å². The van der Waals surface area contributed by atoms with Crippen LogP contribution < -0.4 is 15.1 Å². The highest BCUT2D eigenvalue weighted by atomic mass is 28.4. The number of benzene rings is 3. The molecule has 0 bridgehead atoms. The number of unbranched alkanes of at least 4 members (excludes halogenated alkanes) is 1. The van der Waals surface area contributed by atoms with Crippen LogP contribution in [0, 0.1) is 5.92 Å². The maximum Gasteiger partial charge on any atom is 0.261 e. The van der Waals surface area contributed by atoms with Crippen molar-refractivity contribution in [3.05, 3.63) is 102 Å². The van der Waals surface area contributed by atoms with Gasteiger partial charge in [0, 0.05) is 19.6 Å². The lowest BCUT2D eigenvalue weighted by molar-refractivity contribution is -0.0737. The molecule has 0 aromatic heterocycles. The maximum atomic E-state index is 11.9. The Morgan fingerprint density at radius 3 is 1.86 bits per heavy atom. The summed E-state index contributed by atoms with van der Waals surface area (Å²) in [5.74, 6) is 0.667. The molecule has 3 aromatic rings. The van der Waals surface area contributed by atoms with Crippen LogP contribution in [0.1, 0.15) is 113 Å². The van der Waals surface area contributed by atoms with Gasteiger partial charge in [-0.3, -0.25) is 0 Å². The molecule has 0 amide bonds. The minimum atomic E-state index is -2.63. The Morgan fingerprint density at radius 2 is 1.36 bits per heavy atom. The molecule has 1 unspecified atom stereocenters. The summed E-state index contributed by atoms with van der Waals surface area (Å²) in [5.41, 5.74) is 2.20. The molecule has 5 atom stereocenters. The molecule has 0 saturated carbocycles. The van der Waals surface area contributed by atoms with Crippen molar-refractivity contribution in [3.8, 4) is 5.75 Å². The lowest BCUT2D eigenvalue weighted by Gasteiger charge is -2.43. The normalized spacial score (nSPS) is 15.7. The van der Waals surface area contributed by atoms with Crippen LogP contribution in [0.25, 0.3) is 0 Å². The average molecular weight is 849 g/mol. The highest BCUT2D eigenvalue weighted by molar-refractivity contribution is 6.99. The maximum absolute atomic E-state index is 11.9. The Kier molecular flexibility index (Phi) is 20.8. The first kappa shape index (κ1) is 50.7. The van der Waals surface area contributed by atoms with Gasteiger partial charge in [0.15, 0.2) is 8.32 Å². The van der Waals surface area contributed by atoms with Crippen molar-refractivity contribution in [1.29, 1.82) is 0 Å². The largest absolute Gasteiger partial charge is 0.497 e. The van der Waals surface area contributed by atoms with Crippen LogP contribution >= 0.6 is 0 Å². The SMILES string of the molecule is CCC[C@H](C/C(C)=C/C(O)[C@@H](C)[C@H](C[C@@H](CCCCO[Si](c1ccccc1)(c1ccccc1)C(C)(C)C)OCc1ccc(OC)cc1)O[Si](C)(C)C(C)(C)C)OCOC. The number of ether oxygens (including phenoxy) is 4. The molecule has 0 aliphatic carbocycles. The van der Waals surface area contributed by atoms with E-state index in [0.717, 1.165) is 55.4 Å². The van der Waals surface area contributed by atoms with Gasteiger partial charge in [0.2, 0.25) is 0 Å². The van der Waals surface area contributed by atoms with E-state index in [1.807, 2.05) is 18.2 Å². The summed E-state index contributed by atoms with van der Waals surface area (Å²) in [5, 5.41) is 14.4. The van der Waals surface area contributed by atoms with E-state index >= 15 is 0 Å². The second kappa shape index (κ2) is 24.1.